The maximum absolute atomic E-state index is 12.9. The number of nitrogens with two attached hydrogens (primary N) is 1. The third-order valence-electron chi connectivity index (χ3n) is 4.47. The zero-order valence-electron chi connectivity index (χ0n) is 15.7. The first kappa shape index (κ1) is 19.5. The molecule has 3 aromatic rings. The summed E-state index contributed by atoms with van der Waals surface area (Å²) in [7, 11) is 0. The number of anilines is 1. The Morgan fingerprint density at radius 2 is 1.71 bits per heavy atom. The summed E-state index contributed by atoms with van der Waals surface area (Å²) in [5.74, 6) is -0.580. The van der Waals surface area contributed by atoms with Gasteiger partial charge in [0, 0.05) is 18.3 Å². The summed E-state index contributed by atoms with van der Waals surface area (Å²) in [6.45, 7) is 1.20. The van der Waals surface area contributed by atoms with Crippen LogP contribution in [0.3, 0.4) is 0 Å². The highest BCUT2D eigenvalue weighted by molar-refractivity contribution is 6.14. The fraction of sp³-hybridized carbons (Fsp3) is 0.227. The molecule has 144 valence electrons. The minimum atomic E-state index is -0.304. The molecule has 6 heteroatoms. The minimum absolute atomic E-state index is 0.204. The van der Waals surface area contributed by atoms with Crippen LogP contribution in [-0.2, 0) is 0 Å². The van der Waals surface area contributed by atoms with Crippen molar-refractivity contribution in [3.63, 3.8) is 0 Å². The van der Waals surface area contributed by atoms with Gasteiger partial charge in [-0.15, -0.1) is 0 Å². The monoisotopic (exact) mass is 376 g/mol. The van der Waals surface area contributed by atoms with Crippen molar-refractivity contribution in [3.05, 3.63) is 72.1 Å². The smallest absolute Gasteiger partial charge is 0.272 e. The molecule has 1 heterocycles. The molecule has 6 nitrogen and oxygen atoms in total. The van der Waals surface area contributed by atoms with Crippen molar-refractivity contribution < 1.29 is 9.59 Å². The summed E-state index contributed by atoms with van der Waals surface area (Å²) in [5, 5.41) is 7.52. The van der Waals surface area contributed by atoms with Crippen LogP contribution in [0.5, 0.6) is 0 Å². The Hall–Kier alpha value is -3.25. The first-order chi connectivity index (χ1) is 13.7. The molecule has 0 atom stereocenters. The van der Waals surface area contributed by atoms with E-state index in [0.29, 0.717) is 24.3 Å². The van der Waals surface area contributed by atoms with E-state index in [0.717, 1.165) is 30.0 Å². The lowest BCUT2D eigenvalue weighted by Gasteiger charge is -2.12. The van der Waals surface area contributed by atoms with Crippen molar-refractivity contribution in [2.45, 2.75) is 19.3 Å². The third-order valence-corrected chi connectivity index (χ3v) is 4.47. The first-order valence-electron chi connectivity index (χ1n) is 9.43. The van der Waals surface area contributed by atoms with E-state index in [1.54, 1.807) is 18.2 Å². The van der Waals surface area contributed by atoms with Gasteiger partial charge in [-0.05, 0) is 48.4 Å². The SMILES string of the molecule is NCCCCCNC(=O)c1ncccc1NC(=O)c1cccc2ccccc12. The van der Waals surface area contributed by atoms with Crippen LogP contribution in [0.1, 0.15) is 40.1 Å². The number of amides is 2. The van der Waals surface area contributed by atoms with Gasteiger partial charge in [0.1, 0.15) is 0 Å². The van der Waals surface area contributed by atoms with Gasteiger partial charge in [-0.2, -0.15) is 0 Å². The van der Waals surface area contributed by atoms with E-state index < -0.39 is 0 Å². The van der Waals surface area contributed by atoms with Gasteiger partial charge in [0.2, 0.25) is 0 Å². The first-order valence-corrected chi connectivity index (χ1v) is 9.43. The standard InChI is InChI=1S/C22H24N4O2/c23-13-4-1-5-14-25-22(28)20-19(12-7-15-24-20)26-21(27)18-11-6-9-16-8-2-3-10-17(16)18/h2-3,6-12,15H,1,4-5,13-14,23H2,(H,25,28)(H,26,27). The van der Waals surface area contributed by atoms with E-state index in [9.17, 15) is 9.59 Å². The number of pyridine rings is 1. The molecule has 3 rings (SSSR count). The van der Waals surface area contributed by atoms with Crippen molar-refractivity contribution in [1.82, 2.24) is 10.3 Å². The predicted octanol–water partition coefficient (Wildman–Crippen LogP) is 3.35. The van der Waals surface area contributed by atoms with Crippen molar-refractivity contribution in [1.29, 1.82) is 0 Å². The van der Waals surface area contributed by atoms with Gasteiger partial charge < -0.3 is 16.4 Å². The molecule has 0 radical (unpaired) electrons. The molecule has 4 N–H and O–H groups in total. The Bertz CT molecular complexity index is 966. The van der Waals surface area contributed by atoms with Crippen LogP contribution in [0.15, 0.2) is 60.8 Å². The van der Waals surface area contributed by atoms with Gasteiger partial charge in [0.05, 0.1) is 5.69 Å². The number of aromatic nitrogens is 1. The number of carbonyl (C=O) groups is 2. The molecule has 0 aliphatic rings. The third kappa shape index (κ3) is 4.72. The fourth-order valence-corrected chi connectivity index (χ4v) is 3.03. The number of benzene rings is 2. The maximum atomic E-state index is 12.9. The van der Waals surface area contributed by atoms with Gasteiger partial charge in [-0.3, -0.25) is 9.59 Å². The molecule has 0 saturated carbocycles. The van der Waals surface area contributed by atoms with Crippen molar-refractivity contribution in [2.24, 2.45) is 5.73 Å². The van der Waals surface area contributed by atoms with E-state index in [-0.39, 0.29) is 17.5 Å². The molecule has 0 unspecified atom stereocenters. The molecular weight excluding hydrogens is 352 g/mol. The predicted molar refractivity (Wildman–Crippen MR) is 111 cm³/mol. The van der Waals surface area contributed by atoms with E-state index in [4.69, 9.17) is 5.73 Å². The van der Waals surface area contributed by atoms with Crippen LogP contribution in [0.25, 0.3) is 10.8 Å². The average molecular weight is 376 g/mol. The summed E-state index contributed by atoms with van der Waals surface area (Å²) in [4.78, 5) is 29.5. The number of carbonyl (C=O) groups excluding carboxylic acids is 2. The number of nitrogens with one attached hydrogen (secondary N) is 2. The average Bonchev–Trinajstić information content (AvgIpc) is 2.73. The molecule has 0 aliphatic heterocycles. The van der Waals surface area contributed by atoms with Crippen LogP contribution in [0.4, 0.5) is 5.69 Å². The molecule has 28 heavy (non-hydrogen) atoms. The molecule has 1 aromatic heterocycles. The topological polar surface area (TPSA) is 97.1 Å². The van der Waals surface area contributed by atoms with Crippen molar-refractivity contribution >= 4 is 28.3 Å². The second-order valence-electron chi connectivity index (χ2n) is 6.49. The molecule has 0 saturated heterocycles. The number of nitrogens with zero attached hydrogens (tertiary/aromatic N) is 1. The highest BCUT2D eigenvalue weighted by Crippen LogP contribution is 2.21. The van der Waals surface area contributed by atoms with Crippen LogP contribution < -0.4 is 16.4 Å². The van der Waals surface area contributed by atoms with Crippen molar-refractivity contribution in [3.8, 4) is 0 Å². The maximum Gasteiger partial charge on any atom is 0.272 e. The lowest BCUT2D eigenvalue weighted by Crippen LogP contribution is -2.27. The van der Waals surface area contributed by atoms with Crippen LogP contribution >= 0.6 is 0 Å². The number of hydrogen-bond acceptors (Lipinski definition) is 4. The van der Waals surface area contributed by atoms with E-state index in [1.807, 2.05) is 36.4 Å². The lowest BCUT2D eigenvalue weighted by atomic mass is 10.0. The Labute approximate surface area is 164 Å². The van der Waals surface area contributed by atoms with Gasteiger partial charge in [0.25, 0.3) is 11.8 Å². The van der Waals surface area contributed by atoms with E-state index >= 15 is 0 Å². The number of unbranched alkanes of at least 4 members (excludes halogenated alkanes) is 2. The second kappa shape index (κ2) is 9.62. The number of fused-ring (bicyclic) bond motifs is 1. The van der Waals surface area contributed by atoms with Gasteiger partial charge in [0.15, 0.2) is 5.69 Å². The molecule has 0 fully saturated rings. The van der Waals surface area contributed by atoms with E-state index in [1.165, 1.54) is 6.20 Å². The lowest BCUT2D eigenvalue weighted by molar-refractivity contribution is 0.0949. The zero-order valence-corrected chi connectivity index (χ0v) is 15.7. The molecule has 2 amide bonds. The van der Waals surface area contributed by atoms with E-state index in [2.05, 4.69) is 15.6 Å². The molecule has 0 bridgehead atoms. The Kier molecular flexibility index (Phi) is 6.70. The minimum Gasteiger partial charge on any atom is -0.351 e. The summed E-state index contributed by atoms with van der Waals surface area (Å²) >= 11 is 0. The number of hydrogen-bond donors (Lipinski definition) is 3. The zero-order chi connectivity index (χ0) is 19.8. The normalized spacial score (nSPS) is 10.6. The summed E-state index contributed by atoms with van der Waals surface area (Å²) in [6, 6.07) is 16.6. The fourth-order valence-electron chi connectivity index (χ4n) is 3.03. The molecule has 0 spiro atoms. The molecular formula is C22H24N4O2. The molecule has 0 aliphatic carbocycles. The van der Waals surface area contributed by atoms with Crippen LogP contribution in [0, 0.1) is 0 Å². The summed E-state index contributed by atoms with van der Waals surface area (Å²) < 4.78 is 0. The largest absolute Gasteiger partial charge is 0.351 e. The van der Waals surface area contributed by atoms with Gasteiger partial charge in [-0.25, -0.2) is 4.98 Å². The Morgan fingerprint density at radius 1 is 0.893 bits per heavy atom. The summed E-state index contributed by atoms with van der Waals surface area (Å²) in [5.41, 5.74) is 6.62. The van der Waals surface area contributed by atoms with Gasteiger partial charge in [-0.1, -0.05) is 42.8 Å². The highest BCUT2D eigenvalue weighted by Gasteiger charge is 2.16. The molecule has 2 aromatic carbocycles. The number of rotatable bonds is 8. The quantitative estimate of drug-likeness (QED) is 0.525. The van der Waals surface area contributed by atoms with Crippen molar-refractivity contribution in [2.75, 3.05) is 18.4 Å². The summed E-state index contributed by atoms with van der Waals surface area (Å²) in [6.07, 6.45) is 4.29. The van der Waals surface area contributed by atoms with Gasteiger partial charge >= 0.3 is 0 Å². The highest BCUT2D eigenvalue weighted by atomic mass is 16.2. The Balaban J connectivity index is 1.74. The Morgan fingerprint density at radius 3 is 2.57 bits per heavy atom. The second-order valence-corrected chi connectivity index (χ2v) is 6.49. The van der Waals surface area contributed by atoms with Crippen LogP contribution in [0.2, 0.25) is 0 Å². The van der Waals surface area contributed by atoms with Crippen LogP contribution in [-0.4, -0.2) is 29.9 Å².